The molecule has 15 heavy (non-hydrogen) atoms. The Morgan fingerprint density at radius 3 is 2.73 bits per heavy atom. The Bertz CT molecular complexity index is 385. The average Bonchev–Trinajstić information content (AvgIpc) is 2.18. The SMILES string of the molecule is CC(=O)C(C)Cc1cccc(C(=N)N)c1. The molecule has 3 heteroatoms. The molecular formula is C12H16N2O. The minimum absolute atomic E-state index is 0.0206. The molecule has 0 aliphatic rings. The summed E-state index contributed by atoms with van der Waals surface area (Å²) in [5.74, 6) is 0.266. The number of nitrogens with one attached hydrogen (secondary N) is 1. The number of hydrogen-bond acceptors (Lipinski definition) is 2. The van der Waals surface area contributed by atoms with Gasteiger partial charge in [-0.15, -0.1) is 0 Å². The Morgan fingerprint density at radius 1 is 1.53 bits per heavy atom. The molecule has 1 aromatic carbocycles. The number of rotatable bonds is 4. The number of carbonyl (C=O) groups excluding carboxylic acids is 1. The summed E-state index contributed by atoms with van der Waals surface area (Å²) < 4.78 is 0. The molecule has 0 fully saturated rings. The van der Waals surface area contributed by atoms with Crippen molar-refractivity contribution in [1.82, 2.24) is 0 Å². The average molecular weight is 204 g/mol. The van der Waals surface area contributed by atoms with E-state index in [1.807, 2.05) is 25.1 Å². The van der Waals surface area contributed by atoms with Gasteiger partial charge in [0.15, 0.2) is 0 Å². The van der Waals surface area contributed by atoms with E-state index >= 15 is 0 Å². The molecule has 0 saturated heterocycles. The normalized spacial score (nSPS) is 12.1. The lowest BCUT2D eigenvalue weighted by Gasteiger charge is -2.08. The summed E-state index contributed by atoms with van der Waals surface area (Å²) in [6, 6.07) is 7.47. The number of nitrogen functional groups attached to an aromatic ring is 1. The van der Waals surface area contributed by atoms with Crippen molar-refractivity contribution in [2.45, 2.75) is 20.3 Å². The van der Waals surface area contributed by atoms with Crippen LogP contribution in [-0.4, -0.2) is 11.6 Å². The maximum atomic E-state index is 11.1. The number of carbonyl (C=O) groups is 1. The van der Waals surface area contributed by atoms with Crippen LogP contribution in [0.2, 0.25) is 0 Å². The molecule has 0 aliphatic heterocycles. The van der Waals surface area contributed by atoms with Gasteiger partial charge in [0.05, 0.1) is 0 Å². The first kappa shape index (κ1) is 11.4. The molecule has 0 radical (unpaired) electrons. The van der Waals surface area contributed by atoms with E-state index < -0.39 is 0 Å². The van der Waals surface area contributed by atoms with Gasteiger partial charge in [-0.05, 0) is 25.0 Å². The number of hydrogen-bond donors (Lipinski definition) is 2. The van der Waals surface area contributed by atoms with Crippen LogP contribution in [0.4, 0.5) is 0 Å². The Balaban J connectivity index is 2.82. The number of benzene rings is 1. The van der Waals surface area contributed by atoms with Gasteiger partial charge in [-0.3, -0.25) is 10.2 Å². The molecule has 0 heterocycles. The first-order valence-electron chi connectivity index (χ1n) is 4.94. The second-order valence-corrected chi connectivity index (χ2v) is 3.83. The van der Waals surface area contributed by atoms with Crippen molar-refractivity contribution in [2.24, 2.45) is 11.7 Å². The summed E-state index contributed by atoms with van der Waals surface area (Å²) in [5.41, 5.74) is 7.15. The highest BCUT2D eigenvalue weighted by Gasteiger charge is 2.08. The minimum atomic E-state index is 0.0206. The van der Waals surface area contributed by atoms with Gasteiger partial charge in [0.2, 0.25) is 0 Å². The first-order chi connectivity index (χ1) is 7.00. The summed E-state index contributed by atoms with van der Waals surface area (Å²) in [4.78, 5) is 11.1. The van der Waals surface area contributed by atoms with Crippen LogP contribution in [-0.2, 0) is 11.2 Å². The van der Waals surface area contributed by atoms with Gasteiger partial charge in [-0.25, -0.2) is 0 Å². The largest absolute Gasteiger partial charge is 0.384 e. The highest BCUT2D eigenvalue weighted by molar-refractivity contribution is 5.95. The second-order valence-electron chi connectivity index (χ2n) is 3.83. The fraction of sp³-hybridized carbons (Fsp3) is 0.333. The van der Waals surface area contributed by atoms with Gasteiger partial charge >= 0.3 is 0 Å². The zero-order chi connectivity index (χ0) is 11.4. The van der Waals surface area contributed by atoms with E-state index in [0.717, 1.165) is 5.56 Å². The van der Waals surface area contributed by atoms with E-state index in [1.165, 1.54) is 0 Å². The molecule has 0 spiro atoms. The van der Waals surface area contributed by atoms with Crippen molar-refractivity contribution in [1.29, 1.82) is 5.41 Å². The van der Waals surface area contributed by atoms with Gasteiger partial charge in [0.1, 0.15) is 11.6 Å². The Morgan fingerprint density at radius 2 is 2.20 bits per heavy atom. The highest BCUT2D eigenvalue weighted by atomic mass is 16.1. The molecule has 80 valence electrons. The van der Waals surface area contributed by atoms with Gasteiger partial charge in [0.25, 0.3) is 0 Å². The van der Waals surface area contributed by atoms with Crippen molar-refractivity contribution >= 4 is 11.6 Å². The number of nitrogens with two attached hydrogens (primary N) is 1. The summed E-state index contributed by atoms with van der Waals surface area (Å²) >= 11 is 0. The maximum absolute atomic E-state index is 11.1. The van der Waals surface area contributed by atoms with Gasteiger partial charge in [-0.1, -0.05) is 25.1 Å². The van der Waals surface area contributed by atoms with Crippen LogP contribution in [0.5, 0.6) is 0 Å². The van der Waals surface area contributed by atoms with Crippen LogP contribution in [0.25, 0.3) is 0 Å². The third-order valence-electron chi connectivity index (χ3n) is 2.47. The van der Waals surface area contributed by atoms with Crippen LogP contribution in [0.1, 0.15) is 25.0 Å². The third-order valence-corrected chi connectivity index (χ3v) is 2.47. The summed E-state index contributed by atoms with van der Waals surface area (Å²) in [6.07, 6.45) is 0.705. The Labute approximate surface area is 89.8 Å². The predicted molar refractivity (Wildman–Crippen MR) is 61.0 cm³/mol. The standard InChI is InChI=1S/C12H16N2O/c1-8(9(2)15)6-10-4-3-5-11(7-10)12(13)14/h3-5,7-8H,6H2,1-2H3,(H3,13,14). The molecule has 0 aromatic heterocycles. The molecule has 0 saturated carbocycles. The number of ketones is 1. The maximum Gasteiger partial charge on any atom is 0.132 e. The molecule has 1 atom stereocenters. The van der Waals surface area contributed by atoms with E-state index in [2.05, 4.69) is 0 Å². The van der Waals surface area contributed by atoms with Crippen molar-refractivity contribution in [3.05, 3.63) is 35.4 Å². The van der Waals surface area contributed by atoms with E-state index in [-0.39, 0.29) is 17.5 Å². The van der Waals surface area contributed by atoms with Crippen molar-refractivity contribution < 1.29 is 4.79 Å². The van der Waals surface area contributed by atoms with Crippen LogP contribution >= 0.6 is 0 Å². The lowest BCUT2D eigenvalue weighted by molar-refractivity contribution is -0.120. The molecule has 1 unspecified atom stereocenters. The molecular weight excluding hydrogens is 188 g/mol. The van der Waals surface area contributed by atoms with E-state index in [1.54, 1.807) is 13.0 Å². The van der Waals surface area contributed by atoms with Crippen molar-refractivity contribution in [3.8, 4) is 0 Å². The summed E-state index contributed by atoms with van der Waals surface area (Å²) in [6.45, 7) is 3.50. The van der Waals surface area contributed by atoms with E-state index in [4.69, 9.17) is 11.1 Å². The molecule has 0 amide bonds. The lowest BCUT2D eigenvalue weighted by Crippen LogP contribution is -2.13. The van der Waals surface area contributed by atoms with Crippen molar-refractivity contribution in [3.63, 3.8) is 0 Å². The van der Waals surface area contributed by atoms with Crippen LogP contribution in [0, 0.1) is 11.3 Å². The van der Waals surface area contributed by atoms with Gasteiger partial charge < -0.3 is 5.73 Å². The van der Waals surface area contributed by atoms with E-state index in [9.17, 15) is 4.79 Å². The molecule has 1 rings (SSSR count). The molecule has 3 nitrogen and oxygen atoms in total. The molecule has 0 bridgehead atoms. The van der Waals surface area contributed by atoms with Crippen LogP contribution in [0.3, 0.4) is 0 Å². The first-order valence-corrected chi connectivity index (χ1v) is 4.94. The Kier molecular flexibility index (Phi) is 3.61. The van der Waals surface area contributed by atoms with E-state index in [0.29, 0.717) is 12.0 Å². The number of amidine groups is 1. The fourth-order valence-electron chi connectivity index (χ4n) is 1.36. The number of Topliss-reactive ketones (excluding diaryl/α,β-unsaturated/α-hetero) is 1. The molecule has 3 N–H and O–H groups in total. The molecule has 0 aliphatic carbocycles. The van der Waals surface area contributed by atoms with Crippen LogP contribution < -0.4 is 5.73 Å². The minimum Gasteiger partial charge on any atom is -0.384 e. The van der Waals surface area contributed by atoms with Gasteiger partial charge in [0, 0.05) is 11.5 Å². The Hall–Kier alpha value is -1.64. The topological polar surface area (TPSA) is 66.9 Å². The predicted octanol–water partition coefficient (Wildman–Crippen LogP) is 1.74. The quantitative estimate of drug-likeness (QED) is 0.579. The zero-order valence-corrected chi connectivity index (χ0v) is 9.08. The lowest BCUT2D eigenvalue weighted by atomic mass is 9.97. The summed E-state index contributed by atoms with van der Waals surface area (Å²) in [7, 11) is 0. The zero-order valence-electron chi connectivity index (χ0n) is 9.08. The highest BCUT2D eigenvalue weighted by Crippen LogP contribution is 2.11. The second kappa shape index (κ2) is 4.73. The van der Waals surface area contributed by atoms with Crippen molar-refractivity contribution in [2.75, 3.05) is 0 Å². The van der Waals surface area contributed by atoms with Gasteiger partial charge in [-0.2, -0.15) is 0 Å². The fourth-order valence-corrected chi connectivity index (χ4v) is 1.36. The molecule has 1 aromatic rings. The van der Waals surface area contributed by atoms with Crippen LogP contribution in [0.15, 0.2) is 24.3 Å². The smallest absolute Gasteiger partial charge is 0.132 e. The summed E-state index contributed by atoms with van der Waals surface area (Å²) in [5, 5.41) is 7.31. The third kappa shape index (κ3) is 3.20. The monoisotopic (exact) mass is 204 g/mol.